The molecule has 1 aromatic carbocycles. The SMILES string of the molecule is O=S(=O)(Cc1cc(Cl)cc(Cl)c1)Cc1ccncc1O. The molecule has 7 heteroatoms. The van der Waals surface area contributed by atoms with Gasteiger partial charge in [0.2, 0.25) is 0 Å². The molecule has 0 saturated carbocycles. The molecule has 106 valence electrons. The number of hydrogen-bond donors (Lipinski definition) is 1. The van der Waals surface area contributed by atoms with Gasteiger partial charge >= 0.3 is 0 Å². The van der Waals surface area contributed by atoms with Gasteiger partial charge in [-0.1, -0.05) is 23.2 Å². The average molecular weight is 332 g/mol. The minimum atomic E-state index is -3.45. The third-order valence-corrected chi connectivity index (χ3v) is 4.53. The quantitative estimate of drug-likeness (QED) is 0.934. The van der Waals surface area contributed by atoms with Gasteiger partial charge in [0.1, 0.15) is 5.75 Å². The molecule has 1 heterocycles. The Kier molecular flexibility index (Phi) is 4.52. The van der Waals surface area contributed by atoms with Gasteiger partial charge in [0, 0.05) is 21.8 Å². The number of hydrogen-bond acceptors (Lipinski definition) is 4. The van der Waals surface area contributed by atoms with Crippen molar-refractivity contribution in [1.82, 2.24) is 4.98 Å². The summed E-state index contributed by atoms with van der Waals surface area (Å²) < 4.78 is 24.3. The molecule has 0 aliphatic heterocycles. The van der Waals surface area contributed by atoms with Crippen molar-refractivity contribution in [2.24, 2.45) is 0 Å². The van der Waals surface area contributed by atoms with Crippen LogP contribution in [-0.4, -0.2) is 18.5 Å². The zero-order chi connectivity index (χ0) is 14.8. The third kappa shape index (κ3) is 4.10. The smallest absolute Gasteiger partial charge is 0.158 e. The monoisotopic (exact) mass is 331 g/mol. The molecule has 1 N–H and O–H groups in total. The molecule has 1 aromatic heterocycles. The van der Waals surface area contributed by atoms with Crippen molar-refractivity contribution >= 4 is 33.0 Å². The molecule has 0 atom stereocenters. The van der Waals surface area contributed by atoms with E-state index in [0.717, 1.165) is 0 Å². The number of aromatic hydroxyl groups is 1. The molecule has 20 heavy (non-hydrogen) atoms. The van der Waals surface area contributed by atoms with Gasteiger partial charge in [-0.2, -0.15) is 0 Å². The summed E-state index contributed by atoms with van der Waals surface area (Å²) in [4.78, 5) is 3.70. The minimum absolute atomic E-state index is 0.139. The fraction of sp³-hybridized carbons (Fsp3) is 0.154. The maximum atomic E-state index is 12.1. The van der Waals surface area contributed by atoms with Crippen molar-refractivity contribution < 1.29 is 13.5 Å². The van der Waals surface area contributed by atoms with Gasteiger partial charge in [0.05, 0.1) is 17.7 Å². The highest BCUT2D eigenvalue weighted by Crippen LogP contribution is 2.23. The van der Waals surface area contributed by atoms with Crippen molar-refractivity contribution in [3.8, 4) is 5.75 Å². The van der Waals surface area contributed by atoms with Crippen LogP contribution in [0, 0.1) is 0 Å². The Morgan fingerprint density at radius 3 is 2.35 bits per heavy atom. The first kappa shape index (κ1) is 15.1. The van der Waals surface area contributed by atoms with E-state index in [4.69, 9.17) is 23.2 Å². The van der Waals surface area contributed by atoms with E-state index in [1.54, 1.807) is 12.1 Å². The van der Waals surface area contributed by atoms with Crippen LogP contribution < -0.4 is 0 Å². The van der Waals surface area contributed by atoms with Gasteiger partial charge in [-0.3, -0.25) is 4.98 Å². The van der Waals surface area contributed by atoms with Gasteiger partial charge in [0.15, 0.2) is 9.84 Å². The summed E-state index contributed by atoms with van der Waals surface area (Å²) >= 11 is 11.7. The molecule has 0 bridgehead atoms. The van der Waals surface area contributed by atoms with Gasteiger partial charge in [-0.15, -0.1) is 0 Å². The Bertz CT molecular complexity index is 712. The summed E-state index contributed by atoms with van der Waals surface area (Å²) in [5.41, 5.74) is 0.823. The van der Waals surface area contributed by atoms with E-state index in [1.165, 1.54) is 24.5 Å². The lowest BCUT2D eigenvalue weighted by molar-refractivity contribution is 0.467. The first-order chi connectivity index (χ1) is 9.35. The fourth-order valence-electron chi connectivity index (χ4n) is 1.77. The number of rotatable bonds is 4. The van der Waals surface area contributed by atoms with E-state index < -0.39 is 9.84 Å². The van der Waals surface area contributed by atoms with Crippen LogP contribution in [0.1, 0.15) is 11.1 Å². The Labute approximate surface area is 126 Å². The number of sulfone groups is 1. The zero-order valence-electron chi connectivity index (χ0n) is 10.3. The Hall–Kier alpha value is -1.30. The van der Waals surface area contributed by atoms with Gasteiger partial charge in [-0.05, 0) is 29.8 Å². The minimum Gasteiger partial charge on any atom is -0.506 e. The number of aromatic nitrogens is 1. The van der Waals surface area contributed by atoms with Crippen LogP contribution >= 0.6 is 23.2 Å². The second-order valence-electron chi connectivity index (χ2n) is 4.31. The lowest BCUT2D eigenvalue weighted by Gasteiger charge is -2.07. The molecule has 4 nitrogen and oxygen atoms in total. The highest BCUT2D eigenvalue weighted by molar-refractivity contribution is 7.89. The Balaban J connectivity index is 2.21. The molecule has 2 rings (SSSR count). The summed E-state index contributed by atoms with van der Waals surface area (Å²) in [5.74, 6) is -0.610. The summed E-state index contributed by atoms with van der Waals surface area (Å²) in [7, 11) is -3.45. The Morgan fingerprint density at radius 1 is 1.10 bits per heavy atom. The molecular weight excluding hydrogens is 321 g/mol. The molecule has 0 fully saturated rings. The highest BCUT2D eigenvalue weighted by Gasteiger charge is 2.16. The second kappa shape index (κ2) is 5.99. The van der Waals surface area contributed by atoms with Crippen LogP contribution in [0.25, 0.3) is 0 Å². The first-order valence-corrected chi connectivity index (χ1v) is 8.21. The van der Waals surface area contributed by atoms with Gasteiger partial charge in [-0.25, -0.2) is 8.42 Å². The van der Waals surface area contributed by atoms with Crippen molar-refractivity contribution in [2.45, 2.75) is 11.5 Å². The Morgan fingerprint density at radius 2 is 1.75 bits per heavy atom. The topological polar surface area (TPSA) is 67.3 Å². The maximum Gasteiger partial charge on any atom is 0.158 e. The lowest BCUT2D eigenvalue weighted by Crippen LogP contribution is -2.08. The molecule has 0 radical (unpaired) electrons. The zero-order valence-corrected chi connectivity index (χ0v) is 12.6. The van der Waals surface area contributed by atoms with Crippen LogP contribution in [0.3, 0.4) is 0 Å². The van der Waals surface area contributed by atoms with Crippen molar-refractivity contribution in [3.05, 3.63) is 57.8 Å². The fourth-order valence-corrected chi connectivity index (χ4v) is 3.84. The number of halogens is 2. The molecule has 0 spiro atoms. The largest absolute Gasteiger partial charge is 0.506 e. The average Bonchev–Trinajstić information content (AvgIpc) is 2.29. The van der Waals surface area contributed by atoms with E-state index in [9.17, 15) is 13.5 Å². The van der Waals surface area contributed by atoms with E-state index in [1.807, 2.05) is 0 Å². The lowest BCUT2D eigenvalue weighted by atomic mass is 10.2. The standard InChI is InChI=1S/C13H11Cl2NO3S/c14-11-3-9(4-12(15)5-11)7-20(18,19)8-10-1-2-16-6-13(10)17/h1-6,17H,7-8H2. The first-order valence-electron chi connectivity index (χ1n) is 5.63. The van der Waals surface area contributed by atoms with E-state index >= 15 is 0 Å². The van der Waals surface area contributed by atoms with Crippen molar-refractivity contribution in [1.29, 1.82) is 0 Å². The molecule has 0 amide bonds. The van der Waals surface area contributed by atoms with Crippen LogP contribution in [-0.2, 0) is 21.3 Å². The predicted molar refractivity (Wildman–Crippen MR) is 78.7 cm³/mol. The van der Waals surface area contributed by atoms with Crippen LogP contribution in [0.4, 0.5) is 0 Å². The number of nitrogens with zero attached hydrogens (tertiary/aromatic N) is 1. The molecule has 0 aliphatic rings. The summed E-state index contributed by atoms with van der Waals surface area (Å²) in [6.07, 6.45) is 2.64. The van der Waals surface area contributed by atoms with Gasteiger partial charge in [0.25, 0.3) is 0 Å². The summed E-state index contributed by atoms with van der Waals surface area (Å²) in [5, 5.41) is 10.3. The normalized spacial score (nSPS) is 11.5. The highest BCUT2D eigenvalue weighted by atomic mass is 35.5. The van der Waals surface area contributed by atoms with Crippen molar-refractivity contribution in [3.63, 3.8) is 0 Å². The molecular formula is C13H11Cl2NO3S. The van der Waals surface area contributed by atoms with Crippen LogP contribution in [0.5, 0.6) is 5.75 Å². The molecule has 0 aliphatic carbocycles. The van der Waals surface area contributed by atoms with Crippen LogP contribution in [0.2, 0.25) is 10.0 Å². The molecule has 2 aromatic rings. The van der Waals surface area contributed by atoms with E-state index in [-0.39, 0.29) is 17.3 Å². The second-order valence-corrected chi connectivity index (χ2v) is 7.25. The molecule has 0 unspecified atom stereocenters. The van der Waals surface area contributed by atoms with Gasteiger partial charge < -0.3 is 5.11 Å². The third-order valence-electron chi connectivity index (χ3n) is 2.57. The van der Waals surface area contributed by atoms with Crippen molar-refractivity contribution in [2.75, 3.05) is 0 Å². The summed E-state index contributed by atoms with van der Waals surface area (Å²) in [6.45, 7) is 0. The van der Waals surface area contributed by atoms with Crippen LogP contribution in [0.15, 0.2) is 36.7 Å². The number of pyridine rings is 1. The maximum absolute atomic E-state index is 12.1. The van der Waals surface area contributed by atoms with E-state index in [2.05, 4.69) is 4.98 Å². The van der Waals surface area contributed by atoms with E-state index in [0.29, 0.717) is 21.2 Å². The number of benzene rings is 1. The predicted octanol–water partition coefficient (Wildman–Crippen LogP) is 3.21. The summed E-state index contributed by atoms with van der Waals surface area (Å²) in [6, 6.07) is 6.11. The molecule has 0 saturated heterocycles.